The molecule has 0 aliphatic carbocycles. The summed E-state index contributed by atoms with van der Waals surface area (Å²) in [5, 5.41) is 4.48. The number of benzene rings is 3. The lowest BCUT2D eigenvalue weighted by atomic mass is 10.1. The highest BCUT2D eigenvalue weighted by molar-refractivity contribution is 7.20. The number of carbonyl (C=O) groups is 3. The van der Waals surface area contributed by atoms with Gasteiger partial charge in [-0.3, -0.25) is 14.4 Å². The fraction of sp³-hybridized carbons (Fsp3) is 0.292. The lowest BCUT2D eigenvalue weighted by Crippen LogP contribution is -2.35. The standard InChI is InChI=1S/C16H14Cl3NOS.C16H14Cl2NOS.C16H16ClNOS/c17-11-6-4-10(5-7-11)14-13(18)12(15(19)22-14)16(21)20-8-2-1-3-9-20;17-12-6-4-11(5-7-12)14-10-13(15(18)21-14)16(20)19-8-2-1-3-9-19;17-14-6-4-12(5-7-14)15-10-13(11-20-15)16(19)18-8-2-1-3-9-18/h4-7H,1-3,8-9H2;1,4-7,10H,2-3,8-9H2;4-7,10-11H,1-3,8-9H2/q;+1;. The lowest BCUT2D eigenvalue weighted by molar-refractivity contribution is 0.0717. The first-order valence-corrected chi connectivity index (χ1v) is 25.6. The minimum absolute atomic E-state index is 0.0320. The molecular formula is C48H44Cl6N3O3S3+. The molecule has 0 spiro atoms. The van der Waals surface area contributed by atoms with Crippen molar-refractivity contribution in [3.05, 3.63) is 142 Å². The molecule has 3 amide bonds. The molecule has 6 heterocycles. The second-order valence-electron chi connectivity index (χ2n) is 15.3. The number of rotatable bonds is 6. The molecule has 9 rings (SSSR count). The van der Waals surface area contributed by atoms with E-state index in [1.54, 1.807) is 23.5 Å². The molecule has 0 radical (unpaired) electrons. The van der Waals surface area contributed by atoms with Crippen molar-refractivity contribution < 1.29 is 14.4 Å². The van der Waals surface area contributed by atoms with Crippen molar-refractivity contribution in [1.29, 1.82) is 0 Å². The summed E-state index contributed by atoms with van der Waals surface area (Å²) in [7, 11) is 0. The zero-order valence-corrected chi connectivity index (χ0v) is 41.2. The number of piperidine rings is 3. The van der Waals surface area contributed by atoms with Gasteiger partial charge in [0.05, 0.1) is 46.1 Å². The van der Waals surface area contributed by atoms with Crippen LogP contribution in [0.3, 0.4) is 0 Å². The summed E-state index contributed by atoms with van der Waals surface area (Å²) in [6, 6.07) is 26.5. The van der Waals surface area contributed by atoms with E-state index in [0.29, 0.717) is 34.9 Å². The second kappa shape index (κ2) is 22.8. The number of hydrogen-bond acceptors (Lipinski definition) is 6. The smallest absolute Gasteiger partial charge is 0.257 e. The number of carbonyl (C=O) groups excluding carboxylic acids is 3. The van der Waals surface area contributed by atoms with Crippen LogP contribution in [0.1, 0.15) is 82.4 Å². The fourth-order valence-electron chi connectivity index (χ4n) is 7.49. The minimum atomic E-state index is -0.0637. The Hall–Kier alpha value is -3.22. The molecule has 0 saturated carbocycles. The van der Waals surface area contributed by atoms with E-state index in [9.17, 15) is 14.4 Å². The van der Waals surface area contributed by atoms with Crippen LogP contribution in [0.5, 0.6) is 0 Å². The lowest BCUT2D eigenvalue weighted by Gasteiger charge is -2.26. The molecule has 3 aliphatic rings. The molecule has 6 aromatic rings. The molecule has 3 aromatic carbocycles. The topological polar surface area (TPSA) is 60.9 Å². The van der Waals surface area contributed by atoms with Crippen LogP contribution < -0.4 is 0 Å². The first-order chi connectivity index (χ1) is 30.5. The van der Waals surface area contributed by atoms with Crippen LogP contribution >= 0.6 is 104 Å². The van der Waals surface area contributed by atoms with E-state index in [-0.39, 0.29) is 17.7 Å². The molecule has 3 fully saturated rings. The third-order valence-electron chi connectivity index (χ3n) is 10.9. The van der Waals surface area contributed by atoms with Gasteiger partial charge < -0.3 is 14.7 Å². The Morgan fingerprint density at radius 1 is 0.492 bits per heavy atom. The number of nitrogens with zero attached hydrogens (tertiary/aromatic N) is 3. The van der Waals surface area contributed by atoms with Gasteiger partial charge >= 0.3 is 0 Å². The summed E-state index contributed by atoms with van der Waals surface area (Å²) in [5.41, 5.74) is 4.89. The maximum atomic E-state index is 12.7. The Morgan fingerprint density at radius 2 is 0.968 bits per heavy atom. The predicted molar refractivity (Wildman–Crippen MR) is 268 cm³/mol. The monoisotopic (exact) mass is 1020 g/mol. The Balaban J connectivity index is 0.000000142. The third kappa shape index (κ3) is 12.4. The fourth-order valence-corrected chi connectivity index (χ4v) is 11.9. The van der Waals surface area contributed by atoms with Gasteiger partial charge in [0.2, 0.25) is 0 Å². The van der Waals surface area contributed by atoms with E-state index in [0.717, 1.165) is 120 Å². The first kappa shape index (κ1) is 47.7. The average Bonchev–Trinajstić information content (AvgIpc) is 4.05. The summed E-state index contributed by atoms with van der Waals surface area (Å²) in [6.07, 6.45) is 10.9. The van der Waals surface area contributed by atoms with E-state index in [2.05, 4.69) is 6.42 Å². The normalized spacial score (nSPS) is 15.1. The molecule has 0 bridgehead atoms. The van der Waals surface area contributed by atoms with E-state index >= 15 is 0 Å². The molecule has 0 unspecified atom stereocenters. The minimum Gasteiger partial charge on any atom is -0.339 e. The van der Waals surface area contributed by atoms with Gasteiger partial charge in [0.1, 0.15) is 21.5 Å². The molecular weight excluding hydrogens is 975 g/mol. The van der Waals surface area contributed by atoms with Crippen LogP contribution in [0.2, 0.25) is 28.8 Å². The average molecular weight is 1020 g/mol. The maximum Gasteiger partial charge on any atom is 0.257 e. The van der Waals surface area contributed by atoms with Gasteiger partial charge in [-0.2, -0.15) is 0 Å². The molecule has 3 aliphatic heterocycles. The Morgan fingerprint density at radius 3 is 1.51 bits per heavy atom. The summed E-state index contributed by atoms with van der Waals surface area (Å²) in [6.45, 7) is 4.90. The zero-order valence-electron chi connectivity index (χ0n) is 34.2. The predicted octanol–water partition coefficient (Wildman–Crippen LogP) is 15.9. The molecule has 3 saturated heterocycles. The van der Waals surface area contributed by atoms with Crippen LogP contribution in [0, 0.1) is 6.42 Å². The van der Waals surface area contributed by atoms with Crippen LogP contribution in [0.15, 0.2) is 90.3 Å². The summed E-state index contributed by atoms with van der Waals surface area (Å²) < 4.78 is 1.00. The molecule has 15 heteroatoms. The van der Waals surface area contributed by atoms with Gasteiger partial charge in [0.15, 0.2) is 0 Å². The van der Waals surface area contributed by atoms with Gasteiger partial charge in [0, 0.05) is 56.4 Å². The Bertz CT molecular complexity index is 2480. The maximum absolute atomic E-state index is 12.7. The van der Waals surface area contributed by atoms with Crippen molar-refractivity contribution in [2.45, 2.75) is 51.4 Å². The summed E-state index contributed by atoms with van der Waals surface area (Å²) >= 11 is 41.1. The second-order valence-corrected chi connectivity index (χ2v) is 21.2. The van der Waals surface area contributed by atoms with Gasteiger partial charge in [-0.1, -0.05) is 106 Å². The number of hydrogen-bond donors (Lipinski definition) is 0. The van der Waals surface area contributed by atoms with Crippen molar-refractivity contribution in [2.24, 2.45) is 0 Å². The van der Waals surface area contributed by atoms with Gasteiger partial charge in [-0.15, -0.1) is 34.0 Å². The highest BCUT2D eigenvalue weighted by Gasteiger charge is 2.28. The van der Waals surface area contributed by atoms with Crippen molar-refractivity contribution in [1.82, 2.24) is 14.7 Å². The number of amides is 3. The van der Waals surface area contributed by atoms with Gasteiger partial charge in [0.25, 0.3) is 17.7 Å². The Kier molecular flexibility index (Phi) is 17.3. The molecule has 3 aromatic heterocycles. The van der Waals surface area contributed by atoms with E-state index in [1.807, 2.05) is 92.9 Å². The largest absolute Gasteiger partial charge is 0.339 e. The number of thiophene rings is 3. The van der Waals surface area contributed by atoms with Crippen molar-refractivity contribution in [3.8, 4) is 31.3 Å². The quantitative estimate of drug-likeness (QED) is 0.156. The Labute approximate surface area is 411 Å². The molecule has 0 atom stereocenters. The van der Waals surface area contributed by atoms with Crippen LogP contribution in [0.4, 0.5) is 0 Å². The van der Waals surface area contributed by atoms with E-state index < -0.39 is 0 Å². The highest BCUT2D eigenvalue weighted by Crippen LogP contribution is 2.44. The van der Waals surface area contributed by atoms with Gasteiger partial charge in [-0.25, -0.2) is 0 Å². The van der Waals surface area contributed by atoms with Crippen molar-refractivity contribution >= 4 is 121 Å². The first-order valence-electron chi connectivity index (χ1n) is 20.8. The molecule has 0 N–H and O–H groups in total. The zero-order chi connectivity index (χ0) is 44.5. The van der Waals surface area contributed by atoms with Gasteiger partial charge in [-0.05, 0) is 104 Å². The molecule has 63 heavy (non-hydrogen) atoms. The number of likely N-dealkylation sites (tertiary alicyclic amines) is 3. The van der Waals surface area contributed by atoms with Crippen LogP contribution in [0.25, 0.3) is 31.3 Å². The van der Waals surface area contributed by atoms with Crippen molar-refractivity contribution in [3.63, 3.8) is 0 Å². The van der Waals surface area contributed by atoms with Crippen LogP contribution in [-0.2, 0) is 0 Å². The highest BCUT2D eigenvalue weighted by atomic mass is 35.5. The summed E-state index contributed by atoms with van der Waals surface area (Å²) in [4.78, 5) is 46.2. The van der Waals surface area contributed by atoms with E-state index in [4.69, 9.17) is 69.6 Å². The van der Waals surface area contributed by atoms with Crippen LogP contribution in [-0.4, -0.2) is 71.7 Å². The third-order valence-corrected chi connectivity index (χ3v) is 16.0. The molecule has 328 valence electrons. The van der Waals surface area contributed by atoms with Crippen molar-refractivity contribution in [2.75, 3.05) is 39.3 Å². The molecule has 6 nitrogen and oxygen atoms in total. The van der Waals surface area contributed by atoms with E-state index in [1.165, 1.54) is 35.5 Å². The number of halogens is 6. The SMILES string of the molecule is O=C(c1c(Cl)sc(-c2ccc(Cl)cc2)c1Cl)N1CCCCC1.O=C(c1cc(-c2ccc(Cl)cc2)sc1Cl)N1CC[CH+]CC1.O=C(c1csc(-c2ccc(Cl)cc2)c1)N1CCCCC1. The summed E-state index contributed by atoms with van der Waals surface area (Å²) in [5.74, 6) is 0.136.